The molecule has 0 bridgehead atoms. The van der Waals surface area contributed by atoms with Crippen LogP contribution in [0.2, 0.25) is 10.0 Å². The molecule has 0 radical (unpaired) electrons. The Morgan fingerprint density at radius 2 is 1.84 bits per heavy atom. The van der Waals surface area contributed by atoms with E-state index >= 15 is 0 Å². The standard InChI is InChI=1S/C34H36Cl2N6OS2/c1-23(2)15-28(39-32(43)16-29-18-38-22-42(29)19-25-9-7-24(17-37)8-10-25)21-41(20-26-5-4-6-31(35)33(26)36)34(44)40-27-11-13-30(45-3)14-12-27/h4-14,18,22-23,28H,15-16,19-21H2,1-3H3,(H,39,43)(H,40,44)/t28-/m0/s1. The summed E-state index contributed by atoms with van der Waals surface area (Å²) in [7, 11) is 0. The van der Waals surface area contributed by atoms with Crippen LogP contribution >= 0.6 is 47.2 Å². The number of anilines is 1. The van der Waals surface area contributed by atoms with Crippen LogP contribution in [0.15, 0.2) is 84.1 Å². The maximum Gasteiger partial charge on any atom is 0.226 e. The van der Waals surface area contributed by atoms with E-state index in [2.05, 4.69) is 35.5 Å². The number of thioether (sulfide) groups is 1. The first-order valence-corrected chi connectivity index (χ1v) is 16.9. The molecule has 0 aliphatic carbocycles. The molecule has 0 aliphatic heterocycles. The summed E-state index contributed by atoms with van der Waals surface area (Å²) in [6.45, 7) is 5.69. The van der Waals surface area contributed by atoms with Gasteiger partial charge in [0, 0.05) is 48.1 Å². The van der Waals surface area contributed by atoms with Crippen molar-refractivity contribution >= 4 is 63.9 Å². The summed E-state index contributed by atoms with van der Waals surface area (Å²) in [6.07, 6.45) is 6.40. The molecule has 1 heterocycles. The molecule has 0 unspecified atom stereocenters. The van der Waals surface area contributed by atoms with Crippen LogP contribution in [0.1, 0.15) is 42.7 Å². The number of thiocarbonyl (C=S) groups is 1. The minimum Gasteiger partial charge on any atom is -0.351 e. The lowest BCUT2D eigenvalue weighted by molar-refractivity contribution is -0.121. The minimum atomic E-state index is -0.191. The zero-order chi connectivity index (χ0) is 32.3. The van der Waals surface area contributed by atoms with E-state index in [1.165, 1.54) is 0 Å². The van der Waals surface area contributed by atoms with E-state index in [1.807, 2.05) is 64.3 Å². The van der Waals surface area contributed by atoms with Crippen LogP contribution in [0.3, 0.4) is 0 Å². The van der Waals surface area contributed by atoms with Crippen molar-refractivity contribution in [3.63, 3.8) is 0 Å². The Morgan fingerprint density at radius 3 is 2.51 bits per heavy atom. The van der Waals surface area contributed by atoms with Gasteiger partial charge in [-0.3, -0.25) is 4.79 Å². The van der Waals surface area contributed by atoms with E-state index in [-0.39, 0.29) is 18.4 Å². The molecule has 2 N–H and O–H groups in total. The molecule has 0 fully saturated rings. The molecule has 234 valence electrons. The molecule has 45 heavy (non-hydrogen) atoms. The van der Waals surface area contributed by atoms with E-state index < -0.39 is 0 Å². The van der Waals surface area contributed by atoms with Crippen LogP contribution in [-0.2, 0) is 24.3 Å². The first kappa shape index (κ1) is 34.3. The summed E-state index contributed by atoms with van der Waals surface area (Å²) >= 11 is 20.5. The number of amides is 1. The molecule has 1 amide bonds. The first-order chi connectivity index (χ1) is 21.6. The number of nitriles is 1. The summed E-state index contributed by atoms with van der Waals surface area (Å²) in [4.78, 5) is 20.9. The molecule has 0 saturated carbocycles. The lowest BCUT2D eigenvalue weighted by atomic mass is 10.0. The number of nitrogens with zero attached hydrogens (tertiary/aromatic N) is 4. The Labute approximate surface area is 284 Å². The third-order valence-corrected chi connectivity index (χ3v) is 9.12. The highest BCUT2D eigenvalue weighted by atomic mass is 35.5. The number of hydrogen-bond acceptors (Lipinski definition) is 5. The van der Waals surface area contributed by atoms with Crippen molar-refractivity contribution < 1.29 is 4.79 Å². The highest BCUT2D eigenvalue weighted by Crippen LogP contribution is 2.27. The molecule has 0 aliphatic rings. The maximum absolute atomic E-state index is 13.5. The fourth-order valence-corrected chi connectivity index (χ4v) is 5.99. The summed E-state index contributed by atoms with van der Waals surface area (Å²) in [5, 5.41) is 17.2. The zero-order valence-electron chi connectivity index (χ0n) is 25.5. The molecule has 4 aromatic rings. The molecule has 0 spiro atoms. The largest absolute Gasteiger partial charge is 0.351 e. The number of halogens is 2. The van der Waals surface area contributed by atoms with E-state index in [4.69, 9.17) is 40.7 Å². The van der Waals surface area contributed by atoms with Crippen molar-refractivity contribution in [1.29, 1.82) is 5.26 Å². The molecule has 1 aromatic heterocycles. The van der Waals surface area contributed by atoms with Crippen molar-refractivity contribution in [1.82, 2.24) is 19.8 Å². The summed E-state index contributed by atoms with van der Waals surface area (Å²) < 4.78 is 1.95. The SMILES string of the molecule is CSc1ccc(NC(=S)N(Cc2cccc(Cl)c2Cl)C[C@H](CC(C)C)NC(=O)Cc2cncn2Cc2ccc(C#N)cc2)cc1. The number of imidazole rings is 1. The van der Waals surface area contributed by atoms with Gasteiger partial charge in [0.15, 0.2) is 5.11 Å². The summed E-state index contributed by atoms with van der Waals surface area (Å²) in [5.41, 5.74) is 4.14. The van der Waals surface area contributed by atoms with Gasteiger partial charge in [-0.1, -0.05) is 61.3 Å². The Bertz CT molecular complexity index is 1630. The van der Waals surface area contributed by atoms with Crippen LogP contribution in [0, 0.1) is 17.2 Å². The highest BCUT2D eigenvalue weighted by molar-refractivity contribution is 7.98. The van der Waals surface area contributed by atoms with Crippen LogP contribution < -0.4 is 10.6 Å². The number of carbonyl (C=O) groups is 1. The smallest absolute Gasteiger partial charge is 0.226 e. The minimum absolute atomic E-state index is 0.102. The number of aromatic nitrogens is 2. The lowest BCUT2D eigenvalue weighted by Crippen LogP contribution is -2.47. The molecule has 0 saturated heterocycles. The molecular formula is C34H36Cl2N6OS2. The second-order valence-corrected chi connectivity index (χ2v) is 13.2. The Hall–Kier alpha value is -3.55. The van der Waals surface area contributed by atoms with Crippen molar-refractivity contribution in [2.75, 3.05) is 18.1 Å². The van der Waals surface area contributed by atoms with Crippen LogP contribution in [0.4, 0.5) is 5.69 Å². The van der Waals surface area contributed by atoms with Crippen LogP contribution in [-0.4, -0.2) is 44.3 Å². The second kappa shape index (κ2) is 16.7. The average Bonchev–Trinajstić information content (AvgIpc) is 3.45. The number of rotatable bonds is 13. The van der Waals surface area contributed by atoms with E-state index in [0.717, 1.165) is 33.8 Å². The number of nitrogens with one attached hydrogen (secondary N) is 2. The van der Waals surface area contributed by atoms with Gasteiger partial charge in [-0.2, -0.15) is 5.26 Å². The predicted molar refractivity (Wildman–Crippen MR) is 189 cm³/mol. The maximum atomic E-state index is 13.5. The zero-order valence-corrected chi connectivity index (χ0v) is 28.6. The van der Waals surface area contributed by atoms with Gasteiger partial charge < -0.3 is 20.1 Å². The van der Waals surface area contributed by atoms with Gasteiger partial charge in [-0.05, 0) is 84.4 Å². The first-order valence-electron chi connectivity index (χ1n) is 14.6. The number of carbonyl (C=O) groups excluding carboxylic acids is 1. The van der Waals surface area contributed by atoms with Gasteiger partial charge in [0.05, 0.1) is 34.4 Å². The van der Waals surface area contributed by atoms with Gasteiger partial charge in [0.25, 0.3) is 0 Å². The highest BCUT2D eigenvalue weighted by Gasteiger charge is 2.22. The number of hydrogen-bond donors (Lipinski definition) is 2. The van der Waals surface area contributed by atoms with Crippen molar-refractivity contribution in [2.24, 2.45) is 5.92 Å². The Balaban J connectivity index is 1.50. The third-order valence-electron chi connectivity index (χ3n) is 7.16. The van der Waals surface area contributed by atoms with E-state index in [9.17, 15) is 4.79 Å². The molecule has 7 nitrogen and oxygen atoms in total. The van der Waals surface area contributed by atoms with E-state index in [1.54, 1.807) is 42.5 Å². The van der Waals surface area contributed by atoms with Gasteiger partial charge in [0.1, 0.15) is 0 Å². The number of benzene rings is 3. The van der Waals surface area contributed by atoms with Crippen molar-refractivity contribution in [2.45, 2.75) is 50.7 Å². The average molecular weight is 680 g/mol. The van der Waals surface area contributed by atoms with Crippen LogP contribution in [0.5, 0.6) is 0 Å². The third kappa shape index (κ3) is 10.2. The Kier molecular flexibility index (Phi) is 12.7. The summed E-state index contributed by atoms with van der Waals surface area (Å²) in [5.74, 6) is 0.226. The predicted octanol–water partition coefficient (Wildman–Crippen LogP) is 7.80. The normalized spacial score (nSPS) is 11.6. The monoisotopic (exact) mass is 678 g/mol. The molecule has 1 atom stereocenters. The van der Waals surface area contributed by atoms with Gasteiger partial charge >= 0.3 is 0 Å². The van der Waals surface area contributed by atoms with Gasteiger partial charge in [-0.25, -0.2) is 4.98 Å². The topological polar surface area (TPSA) is 86.0 Å². The van der Waals surface area contributed by atoms with Crippen molar-refractivity contribution in [3.05, 3.63) is 112 Å². The van der Waals surface area contributed by atoms with E-state index in [0.29, 0.717) is 46.3 Å². The lowest BCUT2D eigenvalue weighted by Gasteiger charge is -2.32. The fraction of sp³-hybridized carbons (Fsp3) is 0.294. The Morgan fingerprint density at radius 1 is 1.11 bits per heavy atom. The summed E-state index contributed by atoms with van der Waals surface area (Å²) in [6, 6.07) is 23.0. The van der Waals surface area contributed by atoms with Gasteiger partial charge in [-0.15, -0.1) is 11.8 Å². The molecule has 3 aromatic carbocycles. The molecular weight excluding hydrogens is 643 g/mol. The van der Waals surface area contributed by atoms with Crippen LogP contribution in [0.25, 0.3) is 0 Å². The molecule has 11 heteroatoms. The quantitative estimate of drug-likeness (QED) is 0.110. The van der Waals surface area contributed by atoms with Gasteiger partial charge in [0.2, 0.25) is 5.91 Å². The second-order valence-electron chi connectivity index (χ2n) is 11.1. The fourth-order valence-electron chi connectivity index (χ4n) is 4.95. The molecule has 4 rings (SSSR count). The van der Waals surface area contributed by atoms with Crippen molar-refractivity contribution in [3.8, 4) is 6.07 Å².